The van der Waals surface area contributed by atoms with E-state index in [4.69, 9.17) is 11.6 Å². The molecule has 2 amide bonds. The Kier molecular flexibility index (Phi) is 5.77. The van der Waals surface area contributed by atoms with E-state index in [0.29, 0.717) is 27.1 Å². The molecule has 0 atom stereocenters. The van der Waals surface area contributed by atoms with E-state index < -0.39 is 0 Å². The third kappa shape index (κ3) is 4.57. The Balaban J connectivity index is 1.45. The van der Waals surface area contributed by atoms with Crippen LogP contribution in [0.4, 0.5) is 17.6 Å². The lowest BCUT2D eigenvalue weighted by Crippen LogP contribution is -2.30. The number of anilines is 3. The topological polar surface area (TPSA) is 103 Å². The lowest BCUT2D eigenvalue weighted by molar-refractivity contribution is 0.101. The number of hydrogen-bond donors (Lipinski definition) is 3. The zero-order chi connectivity index (χ0) is 20.2. The SMILES string of the molecule is O=C(Nc1nc(N2CCCCC2)n[nH]1)c1ccc(Cl)c(NC(=O)c2cccs2)c1. The van der Waals surface area contributed by atoms with Crippen LogP contribution in [0.1, 0.15) is 39.3 Å². The maximum Gasteiger partial charge on any atom is 0.265 e. The maximum atomic E-state index is 12.6. The molecule has 4 rings (SSSR count). The van der Waals surface area contributed by atoms with Gasteiger partial charge in [0.25, 0.3) is 11.8 Å². The van der Waals surface area contributed by atoms with Crippen LogP contribution in [0.3, 0.4) is 0 Å². The molecular formula is C19H19ClN6O2S. The average molecular weight is 431 g/mol. The second kappa shape index (κ2) is 8.62. The van der Waals surface area contributed by atoms with Crippen LogP contribution >= 0.6 is 22.9 Å². The molecular weight excluding hydrogens is 412 g/mol. The van der Waals surface area contributed by atoms with Crippen molar-refractivity contribution < 1.29 is 9.59 Å². The van der Waals surface area contributed by atoms with Gasteiger partial charge in [-0.1, -0.05) is 17.7 Å². The zero-order valence-electron chi connectivity index (χ0n) is 15.4. The molecule has 150 valence electrons. The van der Waals surface area contributed by atoms with Gasteiger partial charge in [-0.3, -0.25) is 14.9 Å². The monoisotopic (exact) mass is 430 g/mol. The third-order valence-corrected chi connectivity index (χ3v) is 5.76. The molecule has 0 bridgehead atoms. The molecule has 0 spiro atoms. The van der Waals surface area contributed by atoms with Crippen molar-refractivity contribution in [1.82, 2.24) is 15.2 Å². The first kappa shape index (κ1) is 19.4. The van der Waals surface area contributed by atoms with Gasteiger partial charge in [-0.05, 0) is 48.9 Å². The van der Waals surface area contributed by atoms with Gasteiger partial charge in [-0.2, -0.15) is 4.98 Å². The molecule has 0 radical (unpaired) electrons. The maximum absolute atomic E-state index is 12.6. The van der Waals surface area contributed by atoms with Crippen molar-refractivity contribution in [3.63, 3.8) is 0 Å². The fourth-order valence-corrected chi connectivity index (χ4v) is 3.86. The van der Waals surface area contributed by atoms with Crippen LogP contribution in [-0.2, 0) is 0 Å². The van der Waals surface area contributed by atoms with E-state index in [-0.39, 0.29) is 17.8 Å². The highest BCUT2D eigenvalue weighted by Crippen LogP contribution is 2.25. The van der Waals surface area contributed by atoms with Gasteiger partial charge in [0, 0.05) is 18.7 Å². The van der Waals surface area contributed by atoms with E-state index in [2.05, 4.69) is 30.7 Å². The summed E-state index contributed by atoms with van der Waals surface area (Å²) in [5.74, 6) is 0.199. The number of aromatic nitrogens is 3. The van der Waals surface area contributed by atoms with Crippen LogP contribution in [-0.4, -0.2) is 40.1 Å². The number of nitrogens with one attached hydrogen (secondary N) is 3. The molecule has 0 aliphatic carbocycles. The Labute approximate surface area is 176 Å². The fourth-order valence-electron chi connectivity index (χ4n) is 3.08. The van der Waals surface area contributed by atoms with E-state index in [1.54, 1.807) is 24.3 Å². The van der Waals surface area contributed by atoms with Gasteiger partial charge in [0.2, 0.25) is 11.9 Å². The molecule has 0 unspecified atom stereocenters. The first-order valence-electron chi connectivity index (χ1n) is 9.23. The molecule has 8 nitrogen and oxygen atoms in total. The molecule has 1 aliphatic rings. The minimum Gasteiger partial charge on any atom is -0.340 e. The Morgan fingerprint density at radius 3 is 2.69 bits per heavy atom. The number of amides is 2. The molecule has 1 aliphatic heterocycles. The van der Waals surface area contributed by atoms with E-state index >= 15 is 0 Å². The quantitative estimate of drug-likeness (QED) is 0.567. The van der Waals surface area contributed by atoms with Gasteiger partial charge >= 0.3 is 0 Å². The summed E-state index contributed by atoms with van der Waals surface area (Å²) in [6.45, 7) is 1.82. The Hall–Kier alpha value is -2.91. The molecule has 2 aromatic heterocycles. The summed E-state index contributed by atoms with van der Waals surface area (Å²) in [6.07, 6.45) is 3.44. The third-order valence-electron chi connectivity index (χ3n) is 4.57. The van der Waals surface area contributed by atoms with Crippen molar-refractivity contribution in [2.75, 3.05) is 28.6 Å². The van der Waals surface area contributed by atoms with Crippen LogP contribution in [0.25, 0.3) is 0 Å². The minimum atomic E-state index is -0.380. The molecule has 3 N–H and O–H groups in total. The highest BCUT2D eigenvalue weighted by atomic mass is 35.5. The van der Waals surface area contributed by atoms with Crippen molar-refractivity contribution in [1.29, 1.82) is 0 Å². The number of thiophene rings is 1. The average Bonchev–Trinajstić information content (AvgIpc) is 3.42. The summed E-state index contributed by atoms with van der Waals surface area (Å²) in [7, 11) is 0. The second-order valence-corrected chi connectivity index (χ2v) is 7.97. The van der Waals surface area contributed by atoms with Crippen molar-refractivity contribution in [3.05, 3.63) is 51.2 Å². The summed E-state index contributed by atoms with van der Waals surface area (Å²) in [4.78, 5) is 31.9. The number of hydrogen-bond acceptors (Lipinski definition) is 6. The largest absolute Gasteiger partial charge is 0.340 e. The lowest BCUT2D eigenvalue weighted by Gasteiger charge is -2.24. The van der Waals surface area contributed by atoms with Gasteiger partial charge in [-0.15, -0.1) is 16.4 Å². The molecule has 10 heteroatoms. The van der Waals surface area contributed by atoms with Crippen LogP contribution < -0.4 is 15.5 Å². The van der Waals surface area contributed by atoms with Crippen LogP contribution in [0, 0.1) is 0 Å². The number of carbonyl (C=O) groups excluding carboxylic acids is 2. The summed E-state index contributed by atoms with van der Waals surface area (Å²) < 4.78 is 0. The highest BCUT2D eigenvalue weighted by molar-refractivity contribution is 7.12. The number of H-pyrrole nitrogens is 1. The molecule has 1 aromatic carbocycles. The number of halogens is 1. The van der Waals surface area contributed by atoms with Gasteiger partial charge in [0.15, 0.2) is 0 Å². The van der Waals surface area contributed by atoms with Gasteiger partial charge in [0.1, 0.15) is 0 Å². The van der Waals surface area contributed by atoms with Crippen molar-refractivity contribution in [3.8, 4) is 0 Å². The molecule has 29 heavy (non-hydrogen) atoms. The normalized spacial score (nSPS) is 13.9. The lowest BCUT2D eigenvalue weighted by atomic mass is 10.1. The predicted molar refractivity (Wildman–Crippen MR) is 114 cm³/mol. The summed E-state index contributed by atoms with van der Waals surface area (Å²) >= 11 is 7.50. The van der Waals surface area contributed by atoms with Gasteiger partial charge < -0.3 is 10.2 Å². The van der Waals surface area contributed by atoms with Crippen molar-refractivity contribution in [2.24, 2.45) is 0 Å². The first-order chi connectivity index (χ1) is 14.1. The fraction of sp³-hybridized carbons (Fsp3) is 0.263. The number of nitrogens with zero attached hydrogens (tertiary/aromatic N) is 3. The number of benzene rings is 1. The second-order valence-electron chi connectivity index (χ2n) is 6.61. The molecule has 1 fully saturated rings. The molecule has 0 saturated carbocycles. The number of aromatic amines is 1. The van der Waals surface area contributed by atoms with Crippen LogP contribution in [0.5, 0.6) is 0 Å². The van der Waals surface area contributed by atoms with Gasteiger partial charge in [0.05, 0.1) is 15.6 Å². The van der Waals surface area contributed by atoms with Crippen molar-refractivity contribution >= 4 is 52.3 Å². The Bertz CT molecular complexity index is 1010. The van der Waals surface area contributed by atoms with Crippen LogP contribution in [0.2, 0.25) is 5.02 Å². The summed E-state index contributed by atoms with van der Waals surface area (Å²) in [5.41, 5.74) is 0.705. The standard InChI is InChI=1S/C19H19ClN6O2S/c20-13-7-6-12(11-14(13)21-17(28)15-5-4-10-29-15)16(27)22-18-23-19(25-24-18)26-8-2-1-3-9-26/h4-7,10-11H,1-3,8-9H2,(H,21,28)(H2,22,23,24,25,27). The highest BCUT2D eigenvalue weighted by Gasteiger charge is 2.17. The molecule has 3 aromatic rings. The van der Waals surface area contributed by atoms with E-state index in [9.17, 15) is 9.59 Å². The van der Waals surface area contributed by atoms with Crippen molar-refractivity contribution in [2.45, 2.75) is 19.3 Å². The number of piperidine rings is 1. The van der Waals surface area contributed by atoms with Gasteiger partial charge in [-0.25, -0.2) is 5.10 Å². The molecule has 1 saturated heterocycles. The van der Waals surface area contributed by atoms with E-state index in [1.165, 1.54) is 23.8 Å². The summed E-state index contributed by atoms with van der Waals surface area (Å²) in [6, 6.07) is 8.19. The predicted octanol–water partition coefficient (Wildman–Crippen LogP) is 4.01. The molecule has 3 heterocycles. The van der Waals surface area contributed by atoms with E-state index in [1.807, 2.05) is 5.38 Å². The Morgan fingerprint density at radius 2 is 1.93 bits per heavy atom. The summed E-state index contributed by atoms with van der Waals surface area (Å²) in [5, 5.41) is 14.5. The number of rotatable bonds is 5. The number of carbonyl (C=O) groups is 2. The van der Waals surface area contributed by atoms with Crippen LogP contribution in [0.15, 0.2) is 35.7 Å². The smallest absolute Gasteiger partial charge is 0.265 e. The minimum absolute atomic E-state index is 0.273. The first-order valence-corrected chi connectivity index (χ1v) is 10.5. The van der Waals surface area contributed by atoms with E-state index in [0.717, 1.165) is 25.9 Å². The zero-order valence-corrected chi connectivity index (χ0v) is 17.0. The Morgan fingerprint density at radius 1 is 1.10 bits per heavy atom.